The summed E-state index contributed by atoms with van der Waals surface area (Å²) in [6, 6.07) is 15.6. The molecule has 0 spiro atoms. The van der Waals surface area contributed by atoms with Crippen LogP contribution in [-0.2, 0) is 35.6 Å². The molecule has 3 heterocycles. The fourth-order valence-electron chi connectivity index (χ4n) is 4.47. The first-order valence-corrected chi connectivity index (χ1v) is 11.2. The Balaban J connectivity index is 1.38. The van der Waals surface area contributed by atoms with Gasteiger partial charge in [-0.05, 0) is 42.3 Å². The largest absolute Gasteiger partial charge is 0.457 e. The molecule has 2 aliphatic rings. The van der Waals surface area contributed by atoms with E-state index in [1.54, 1.807) is 0 Å². The van der Waals surface area contributed by atoms with E-state index in [1.165, 1.54) is 0 Å². The average Bonchev–Trinajstić information content (AvgIpc) is 3.38. The minimum absolute atomic E-state index is 0.00626. The summed E-state index contributed by atoms with van der Waals surface area (Å²) in [5.41, 5.74) is 1.96. The normalized spacial score (nSPS) is 21.3. The molecule has 32 heavy (non-hydrogen) atoms. The number of fused-ring (bicyclic) bond motifs is 5. The Labute approximate surface area is 188 Å². The van der Waals surface area contributed by atoms with Crippen molar-refractivity contribution in [1.82, 2.24) is 19.8 Å². The topological polar surface area (TPSA) is 68.6 Å². The maximum atomic E-state index is 12.8. The van der Waals surface area contributed by atoms with Gasteiger partial charge in [-0.2, -0.15) is 0 Å². The Kier molecular flexibility index (Phi) is 5.92. The number of rotatable bonds is 3. The molecule has 0 saturated carbocycles. The first-order chi connectivity index (χ1) is 15.7. The highest BCUT2D eigenvalue weighted by Crippen LogP contribution is 2.25. The lowest BCUT2D eigenvalue weighted by molar-refractivity contribution is -0.122. The molecule has 2 aromatic carbocycles. The number of carbonyl (C=O) groups excluding carboxylic acids is 1. The second-order valence-corrected chi connectivity index (χ2v) is 8.42. The van der Waals surface area contributed by atoms with E-state index in [1.807, 2.05) is 60.9 Å². The SMILES string of the molecule is CCn1ccnc1CN1C[C@@H]2NC(=O)Cc3cccc(c3)Oc3cccc(c3)CO[C@H]2C1. The number of nitrogens with zero attached hydrogens (tertiary/aromatic N) is 3. The molecule has 166 valence electrons. The molecular weight excluding hydrogens is 404 g/mol. The molecule has 7 heteroatoms. The van der Waals surface area contributed by atoms with Crippen LogP contribution in [0.3, 0.4) is 0 Å². The number of likely N-dealkylation sites (tertiary alicyclic amines) is 1. The molecule has 2 atom stereocenters. The molecule has 4 bridgehead atoms. The summed E-state index contributed by atoms with van der Waals surface area (Å²) in [5.74, 6) is 2.52. The molecule has 1 N–H and O–H groups in total. The highest BCUT2D eigenvalue weighted by atomic mass is 16.5. The van der Waals surface area contributed by atoms with Gasteiger partial charge in [-0.25, -0.2) is 4.98 Å². The van der Waals surface area contributed by atoms with E-state index >= 15 is 0 Å². The molecule has 5 rings (SSSR count). The van der Waals surface area contributed by atoms with Gasteiger partial charge in [0.05, 0.1) is 31.7 Å². The second-order valence-electron chi connectivity index (χ2n) is 8.42. The second kappa shape index (κ2) is 9.14. The quantitative estimate of drug-likeness (QED) is 0.689. The first kappa shape index (κ1) is 20.7. The number of amides is 1. The van der Waals surface area contributed by atoms with Crippen molar-refractivity contribution < 1.29 is 14.3 Å². The van der Waals surface area contributed by atoms with Gasteiger partial charge < -0.3 is 19.4 Å². The van der Waals surface area contributed by atoms with E-state index in [2.05, 4.69) is 26.7 Å². The third kappa shape index (κ3) is 4.69. The molecule has 1 amide bonds. The smallest absolute Gasteiger partial charge is 0.224 e. The third-order valence-electron chi connectivity index (χ3n) is 6.06. The molecule has 1 aromatic heterocycles. The molecule has 1 saturated heterocycles. The molecule has 0 unspecified atom stereocenters. The summed E-state index contributed by atoms with van der Waals surface area (Å²) in [5, 5.41) is 3.21. The molecule has 1 fully saturated rings. The highest BCUT2D eigenvalue weighted by molar-refractivity contribution is 5.79. The molecule has 7 nitrogen and oxygen atoms in total. The number of aromatic nitrogens is 2. The first-order valence-electron chi connectivity index (χ1n) is 11.2. The van der Waals surface area contributed by atoms with E-state index in [-0.39, 0.29) is 18.1 Å². The minimum Gasteiger partial charge on any atom is -0.457 e. The number of imidazole rings is 1. The number of aryl methyl sites for hydroxylation is 1. The van der Waals surface area contributed by atoms with Gasteiger partial charge in [-0.15, -0.1) is 0 Å². The van der Waals surface area contributed by atoms with Crippen LogP contribution in [0.15, 0.2) is 60.9 Å². The van der Waals surface area contributed by atoms with Gasteiger partial charge in [-0.3, -0.25) is 9.69 Å². The van der Waals surface area contributed by atoms with Gasteiger partial charge >= 0.3 is 0 Å². The van der Waals surface area contributed by atoms with Crippen molar-refractivity contribution in [3.8, 4) is 11.5 Å². The van der Waals surface area contributed by atoms with E-state index < -0.39 is 0 Å². The van der Waals surface area contributed by atoms with Crippen molar-refractivity contribution in [3.63, 3.8) is 0 Å². The van der Waals surface area contributed by atoms with Gasteiger partial charge in [-0.1, -0.05) is 24.3 Å². The van der Waals surface area contributed by atoms with Crippen LogP contribution in [0, 0.1) is 0 Å². The van der Waals surface area contributed by atoms with E-state index in [0.29, 0.717) is 13.0 Å². The standard InChI is InChI=1S/C25H28N4O3/c1-2-29-10-9-26-24(29)16-28-14-22-23(15-28)31-17-19-6-4-8-21(12-19)32-20-7-3-5-18(11-20)13-25(30)27-22/h3-12,22-23H,2,13-17H2,1H3,(H,27,30)/t22-,23-/m0/s1. The Morgan fingerprint density at radius 2 is 1.88 bits per heavy atom. The Hall–Kier alpha value is -3.16. The molecule has 3 aromatic rings. The monoisotopic (exact) mass is 432 g/mol. The van der Waals surface area contributed by atoms with Gasteiger partial charge in [0.25, 0.3) is 0 Å². The van der Waals surface area contributed by atoms with Crippen LogP contribution in [-0.4, -0.2) is 45.6 Å². The van der Waals surface area contributed by atoms with Crippen LogP contribution >= 0.6 is 0 Å². The summed E-state index contributed by atoms with van der Waals surface area (Å²) >= 11 is 0. The molecule has 0 radical (unpaired) electrons. The van der Waals surface area contributed by atoms with Crippen molar-refractivity contribution in [2.45, 2.75) is 45.2 Å². The number of nitrogens with one attached hydrogen (secondary N) is 1. The van der Waals surface area contributed by atoms with Crippen LogP contribution in [0.2, 0.25) is 0 Å². The predicted molar refractivity (Wildman–Crippen MR) is 120 cm³/mol. The predicted octanol–water partition coefficient (Wildman–Crippen LogP) is 3.14. The summed E-state index contributed by atoms with van der Waals surface area (Å²) in [7, 11) is 0. The lowest BCUT2D eigenvalue weighted by Gasteiger charge is -2.21. The Morgan fingerprint density at radius 3 is 2.69 bits per heavy atom. The number of benzene rings is 2. The van der Waals surface area contributed by atoms with Crippen LogP contribution < -0.4 is 10.1 Å². The zero-order valence-electron chi connectivity index (χ0n) is 18.2. The maximum Gasteiger partial charge on any atom is 0.224 e. The van der Waals surface area contributed by atoms with Crippen molar-refractivity contribution in [2.75, 3.05) is 13.1 Å². The van der Waals surface area contributed by atoms with Gasteiger partial charge in [0.2, 0.25) is 5.91 Å². The Bertz CT molecular complexity index is 1100. The summed E-state index contributed by atoms with van der Waals surface area (Å²) in [4.78, 5) is 19.7. The highest BCUT2D eigenvalue weighted by Gasteiger charge is 2.35. The van der Waals surface area contributed by atoms with Gasteiger partial charge in [0.1, 0.15) is 17.3 Å². The van der Waals surface area contributed by atoms with Crippen LogP contribution in [0.1, 0.15) is 23.9 Å². The van der Waals surface area contributed by atoms with Crippen LogP contribution in [0.25, 0.3) is 0 Å². The van der Waals surface area contributed by atoms with Crippen LogP contribution in [0.5, 0.6) is 11.5 Å². The van der Waals surface area contributed by atoms with E-state index in [9.17, 15) is 4.79 Å². The van der Waals surface area contributed by atoms with Crippen molar-refractivity contribution >= 4 is 5.91 Å². The molecule has 2 aliphatic heterocycles. The number of hydrogen-bond acceptors (Lipinski definition) is 5. The van der Waals surface area contributed by atoms with Gasteiger partial charge in [0, 0.05) is 32.0 Å². The maximum absolute atomic E-state index is 12.8. The zero-order valence-corrected chi connectivity index (χ0v) is 18.2. The number of carbonyl (C=O) groups is 1. The van der Waals surface area contributed by atoms with Crippen molar-refractivity contribution in [3.05, 3.63) is 77.9 Å². The fraction of sp³-hybridized carbons (Fsp3) is 0.360. The summed E-state index contributed by atoms with van der Waals surface area (Å²) in [6.07, 6.45) is 4.05. The van der Waals surface area contributed by atoms with Crippen molar-refractivity contribution in [1.29, 1.82) is 0 Å². The van der Waals surface area contributed by atoms with Crippen molar-refractivity contribution in [2.24, 2.45) is 0 Å². The molecule has 0 aliphatic carbocycles. The van der Waals surface area contributed by atoms with E-state index in [0.717, 1.165) is 54.6 Å². The third-order valence-corrected chi connectivity index (χ3v) is 6.06. The Morgan fingerprint density at radius 1 is 1.09 bits per heavy atom. The lowest BCUT2D eigenvalue weighted by Crippen LogP contribution is -2.44. The van der Waals surface area contributed by atoms with Crippen LogP contribution in [0.4, 0.5) is 0 Å². The summed E-state index contributed by atoms with van der Waals surface area (Å²) in [6.45, 7) is 5.68. The molecular formula is C25H28N4O3. The zero-order chi connectivity index (χ0) is 21.9. The average molecular weight is 433 g/mol. The van der Waals surface area contributed by atoms with Gasteiger partial charge in [0.15, 0.2) is 0 Å². The minimum atomic E-state index is -0.0946. The number of hydrogen-bond donors (Lipinski definition) is 1. The fourth-order valence-corrected chi connectivity index (χ4v) is 4.47. The number of ether oxygens (including phenoxy) is 2. The van der Waals surface area contributed by atoms with E-state index in [4.69, 9.17) is 9.47 Å². The summed E-state index contributed by atoms with van der Waals surface area (Å²) < 4.78 is 14.5. The lowest BCUT2D eigenvalue weighted by atomic mass is 10.1.